The molecule has 0 heterocycles. The molecule has 0 radical (unpaired) electrons. The van der Waals surface area contributed by atoms with Gasteiger partial charge in [-0.05, 0) is 67.1 Å². The van der Waals surface area contributed by atoms with Crippen molar-refractivity contribution < 1.29 is 22.3 Å². The van der Waals surface area contributed by atoms with Gasteiger partial charge in [-0.15, -0.1) is 0 Å². The highest BCUT2D eigenvalue weighted by Crippen LogP contribution is 2.44. The van der Waals surface area contributed by atoms with Crippen LogP contribution in [0.5, 0.6) is 0 Å². The Morgan fingerprint density at radius 2 is 1.53 bits per heavy atom. The Bertz CT molecular complexity index is 960. The van der Waals surface area contributed by atoms with E-state index in [0.717, 1.165) is 31.4 Å². The van der Waals surface area contributed by atoms with Gasteiger partial charge in [0.1, 0.15) is 6.10 Å². The fourth-order valence-electron chi connectivity index (χ4n) is 4.81. The largest absolute Gasteiger partial charge is 0.520 e. The van der Waals surface area contributed by atoms with Gasteiger partial charge in [0.25, 0.3) is 5.95 Å². The normalized spacial score (nSPS) is 22.4. The molecule has 1 aliphatic carbocycles. The minimum Gasteiger partial charge on any atom is -0.520 e. The molecule has 0 bridgehead atoms. The highest BCUT2D eigenvalue weighted by molar-refractivity contribution is 6.70. The number of halogens is 3. The molecule has 1 fully saturated rings. The van der Waals surface area contributed by atoms with Crippen LogP contribution in [0.2, 0.25) is 19.6 Å². The number of hydrogen-bond donors (Lipinski definition) is 0. The van der Waals surface area contributed by atoms with Gasteiger partial charge in [0, 0.05) is 12.0 Å². The van der Waals surface area contributed by atoms with Crippen molar-refractivity contribution in [2.45, 2.75) is 77.4 Å². The second kappa shape index (κ2) is 10.2. The van der Waals surface area contributed by atoms with E-state index in [-0.39, 0.29) is 17.4 Å². The molecule has 2 nitrogen and oxygen atoms in total. The second-order valence-electron chi connectivity index (χ2n) is 11.1. The lowest BCUT2D eigenvalue weighted by Gasteiger charge is -2.44. The van der Waals surface area contributed by atoms with E-state index in [0.29, 0.717) is 17.4 Å². The van der Waals surface area contributed by atoms with Gasteiger partial charge in [-0.3, -0.25) is 0 Å². The number of ether oxygens (including phenoxy) is 1. The van der Waals surface area contributed by atoms with Crippen LogP contribution in [0.1, 0.15) is 56.7 Å². The van der Waals surface area contributed by atoms with Gasteiger partial charge in [0.2, 0.25) is 8.32 Å². The molecule has 1 saturated carbocycles. The molecule has 2 aromatic carbocycles. The van der Waals surface area contributed by atoms with Crippen LogP contribution in [-0.2, 0) is 20.8 Å². The maximum absolute atomic E-state index is 13.0. The van der Waals surface area contributed by atoms with Crippen LogP contribution in [0.15, 0.2) is 60.5 Å². The Hall–Kier alpha value is -2.21. The third-order valence-electron chi connectivity index (χ3n) is 6.70. The van der Waals surface area contributed by atoms with E-state index >= 15 is 0 Å². The van der Waals surface area contributed by atoms with Crippen LogP contribution in [0.25, 0.3) is 6.08 Å². The number of rotatable bonds is 7. The number of alkyl halides is 3. The molecule has 34 heavy (non-hydrogen) atoms. The van der Waals surface area contributed by atoms with Gasteiger partial charge < -0.3 is 9.16 Å². The highest BCUT2D eigenvalue weighted by Gasteiger charge is 2.42. The monoisotopic (exact) mass is 490 g/mol. The summed E-state index contributed by atoms with van der Waals surface area (Å²) >= 11 is 0. The predicted molar refractivity (Wildman–Crippen MR) is 135 cm³/mol. The Morgan fingerprint density at radius 1 is 0.912 bits per heavy atom. The van der Waals surface area contributed by atoms with Gasteiger partial charge >= 0.3 is 6.18 Å². The molecule has 2 aromatic rings. The number of benzene rings is 2. The summed E-state index contributed by atoms with van der Waals surface area (Å²) in [6.07, 6.45) is 0.452. The lowest BCUT2D eigenvalue weighted by Crippen LogP contribution is -2.43. The quantitative estimate of drug-likeness (QED) is 0.286. The molecule has 0 saturated heterocycles. The molecule has 0 aromatic heterocycles. The molecule has 0 amide bonds. The SMILES string of the molecule is C[C@@H]1CC[C@@H](C(C)(C)c2ccccc2)[C@H](O/C(=C/c2ccc(C(F)(F)F)cc2)O[Si](C)(C)C)C1. The maximum Gasteiger partial charge on any atom is 0.416 e. The van der Waals surface area contributed by atoms with Crippen molar-refractivity contribution in [1.82, 2.24) is 0 Å². The zero-order chi connectivity index (χ0) is 25.1. The summed E-state index contributed by atoms with van der Waals surface area (Å²) in [7, 11) is -2.02. The van der Waals surface area contributed by atoms with Crippen molar-refractivity contribution in [3.8, 4) is 0 Å². The molecule has 0 aliphatic heterocycles. The topological polar surface area (TPSA) is 18.5 Å². The summed E-state index contributed by atoms with van der Waals surface area (Å²) in [5, 5.41) is 0. The van der Waals surface area contributed by atoms with Gasteiger partial charge in [-0.25, -0.2) is 0 Å². The number of hydrogen-bond acceptors (Lipinski definition) is 2. The molecule has 3 rings (SSSR count). The third-order valence-corrected chi connectivity index (χ3v) is 7.51. The van der Waals surface area contributed by atoms with Crippen molar-refractivity contribution >= 4 is 14.4 Å². The second-order valence-corrected chi connectivity index (χ2v) is 15.5. The van der Waals surface area contributed by atoms with E-state index in [4.69, 9.17) is 9.16 Å². The molecular formula is C28H37F3O2Si. The van der Waals surface area contributed by atoms with Crippen molar-refractivity contribution in [2.24, 2.45) is 11.8 Å². The average Bonchev–Trinajstić information content (AvgIpc) is 2.73. The average molecular weight is 491 g/mol. The van der Waals surface area contributed by atoms with Crippen molar-refractivity contribution in [1.29, 1.82) is 0 Å². The summed E-state index contributed by atoms with van der Waals surface area (Å²) in [5.74, 6) is 1.23. The Morgan fingerprint density at radius 3 is 2.09 bits per heavy atom. The first-order valence-electron chi connectivity index (χ1n) is 12.1. The van der Waals surface area contributed by atoms with Crippen molar-refractivity contribution in [3.63, 3.8) is 0 Å². The molecule has 6 heteroatoms. The first kappa shape index (κ1) is 26.4. The summed E-state index contributed by atoms with van der Waals surface area (Å²) < 4.78 is 51.9. The van der Waals surface area contributed by atoms with E-state index < -0.39 is 20.1 Å². The summed E-state index contributed by atoms with van der Waals surface area (Å²) in [6, 6.07) is 15.7. The standard InChI is InChI=1S/C28H37F3O2Si/c1-20-12-17-24(27(2,3)22-10-8-7-9-11-22)25(18-20)32-26(33-34(4,5)6)19-21-13-15-23(16-14-21)28(29,30)31/h7-11,13-16,19-20,24-25H,12,17-18H2,1-6H3/b26-19-/t20-,24-,25-/m1/s1. The van der Waals surface area contributed by atoms with Gasteiger partial charge in [0.05, 0.1) is 5.56 Å². The van der Waals surface area contributed by atoms with Crippen LogP contribution in [0.3, 0.4) is 0 Å². The van der Waals surface area contributed by atoms with Gasteiger partial charge in [0.15, 0.2) is 0 Å². The van der Waals surface area contributed by atoms with Crippen molar-refractivity contribution in [3.05, 3.63) is 77.2 Å². The summed E-state index contributed by atoms with van der Waals surface area (Å²) in [6.45, 7) is 13.0. The minimum absolute atomic E-state index is 0.0454. The van der Waals surface area contributed by atoms with Crippen LogP contribution < -0.4 is 0 Å². The van der Waals surface area contributed by atoms with E-state index in [1.807, 2.05) is 6.07 Å². The van der Waals surface area contributed by atoms with E-state index in [1.54, 1.807) is 6.08 Å². The molecule has 0 unspecified atom stereocenters. The van der Waals surface area contributed by atoms with Gasteiger partial charge in [-0.2, -0.15) is 13.2 Å². The summed E-state index contributed by atoms with van der Waals surface area (Å²) in [4.78, 5) is 0. The smallest absolute Gasteiger partial charge is 0.416 e. The maximum atomic E-state index is 13.0. The molecule has 0 N–H and O–H groups in total. The Kier molecular flexibility index (Phi) is 7.91. The zero-order valence-corrected chi connectivity index (χ0v) is 22.1. The lowest BCUT2D eigenvalue weighted by molar-refractivity contribution is -0.137. The molecule has 0 spiro atoms. The zero-order valence-electron chi connectivity index (χ0n) is 21.1. The van der Waals surface area contributed by atoms with E-state index in [1.165, 1.54) is 17.7 Å². The lowest BCUT2D eigenvalue weighted by atomic mass is 9.64. The molecule has 1 aliphatic rings. The van der Waals surface area contributed by atoms with Gasteiger partial charge in [-0.1, -0.05) is 69.7 Å². The fourth-order valence-corrected chi connectivity index (χ4v) is 5.52. The van der Waals surface area contributed by atoms with E-state index in [2.05, 4.69) is 64.7 Å². The van der Waals surface area contributed by atoms with E-state index in [9.17, 15) is 13.2 Å². The molecule has 3 atom stereocenters. The molecular weight excluding hydrogens is 453 g/mol. The first-order valence-corrected chi connectivity index (χ1v) is 15.5. The first-order chi connectivity index (χ1) is 15.8. The minimum atomic E-state index is -4.36. The van der Waals surface area contributed by atoms with Crippen LogP contribution in [0.4, 0.5) is 13.2 Å². The predicted octanol–water partition coefficient (Wildman–Crippen LogP) is 8.65. The third kappa shape index (κ3) is 6.91. The molecule has 186 valence electrons. The highest BCUT2D eigenvalue weighted by atomic mass is 28.4. The Labute approximate surface area is 203 Å². The van der Waals surface area contributed by atoms with Crippen molar-refractivity contribution in [2.75, 3.05) is 0 Å². The van der Waals surface area contributed by atoms with Crippen LogP contribution >= 0.6 is 0 Å². The van der Waals surface area contributed by atoms with Crippen LogP contribution in [-0.4, -0.2) is 14.4 Å². The fraction of sp³-hybridized carbons (Fsp3) is 0.500. The summed E-state index contributed by atoms with van der Waals surface area (Å²) in [5.41, 5.74) is 1.15. The Balaban J connectivity index is 1.92. The van der Waals surface area contributed by atoms with Crippen LogP contribution in [0, 0.1) is 11.8 Å².